The Labute approximate surface area is 120 Å². The highest BCUT2D eigenvalue weighted by Crippen LogP contribution is 2.26. The van der Waals surface area contributed by atoms with E-state index in [0.29, 0.717) is 0 Å². The van der Waals surface area contributed by atoms with Crippen molar-refractivity contribution in [2.75, 3.05) is 19.6 Å². The Morgan fingerprint density at radius 2 is 1.63 bits per heavy atom. The van der Waals surface area contributed by atoms with Gasteiger partial charge in [0.05, 0.1) is 0 Å². The van der Waals surface area contributed by atoms with Crippen LogP contribution in [-0.2, 0) is 0 Å². The number of nitrogens with zero attached hydrogens (tertiary/aromatic N) is 1. The highest BCUT2D eigenvalue weighted by molar-refractivity contribution is 4.83. The summed E-state index contributed by atoms with van der Waals surface area (Å²) in [5.74, 6) is 0.872. The summed E-state index contributed by atoms with van der Waals surface area (Å²) in [7, 11) is 0. The van der Waals surface area contributed by atoms with Crippen molar-refractivity contribution < 1.29 is 0 Å². The van der Waals surface area contributed by atoms with Crippen molar-refractivity contribution in [3.8, 4) is 0 Å². The molecule has 2 nitrogen and oxygen atoms in total. The van der Waals surface area contributed by atoms with Crippen LogP contribution in [-0.4, -0.2) is 36.1 Å². The van der Waals surface area contributed by atoms with Crippen molar-refractivity contribution in [2.45, 2.75) is 83.7 Å². The first-order valence-corrected chi connectivity index (χ1v) is 8.54. The predicted octanol–water partition coefficient (Wildman–Crippen LogP) is 3.81. The van der Waals surface area contributed by atoms with E-state index >= 15 is 0 Å². The first kappa shape index (κ1) is 15.3. The van der Waals surface area contributed by atoms with Crippen LogP contribution in [0.2, 0.25) is 0 Å². The van der Waals surface area contributed by atoms with Gasteiger partial charge in [-0.3, -0.25) is 0 Å². The van der Waals surface area contributed by atoms with Gasteiger partial charge < -0.3 is 10.2 Å². The molecule has 19 heavy (non-hydrogen) atoms. The van der Waals surface area contributed by atoms with Crippen molar-refractivity contribution in [3.63, 3.8) is 0 Å². The predicted molar refractivity (Wildman–Crippen MR) is 83.5 cm³/mol. The summed E-state index contributed by atoms with van der Waals surface area (Å²) in [6.07, 6.45) is 11.6. The molecule has 1 N–H and O–H groups in total. The number of hydrogen-bond acceptors (Lipinski definition) is 2. The summed E-state index contributed by atoms with van der Waals surface area (Å²) >= 11 is 0. The summed E-state index contributed by atoms with van der Waals surface area (Å²) in [5.41, 5.74) is 0.268. The van der Waals surface area contributed by atoms with Crippen LogP contribution in [0.25, 0.3) is 0 Å². The molecule has 0 spiro atoms. The van der Waals surface area contributed by atoms with Gasteiger partial charge in [-0.15, -0.1) is 0 Å². The monoisotopic (exact) mass is 266 g/mol. The fourth-order valence-electron chi connectivity index (χ4n) is 3.67. The van der Waals surface area contributed by atoms with Gasteiger partial charge in [0, 0.05) is 18.1 Å². The number of piperidine rings is 1. The van der Waals surface area contributed by atoms with Crippen LogP contribution in [0.4, 0.5) is 0 Å². The zero-order chi connectivity index (χ0) is 13.7. The summed E-state index contributed by atoms with van der Waals surface area (Å²) in [4.78, 5) is 2.82. The van der Waals surface area contributed by atoms with Crippen LogP contribution < -0.4 is 5.32 Å². The molecule has 2 aliphatic rings. The van der Waals surface area contributed by atoms with Crippen LogP contribution in [0.15, 0.2) is 0 Å². The Morgan fingerprint density at radius 3 is 2.26 bits per heavy atom. The molecule has 2 heteroatoms. The quantitative estimate of drug-likeness (QED) is 0.782. The second kappa shape index (κ2) is 7.08. The molecule has 1 saturated heterocycles. The topological polar surface area (TPSA) is 15.3 Å². The van der Waals surface area contributed by atoms with Gasteiger partial charge in [0.2, 0.25) is 0 Å². The summed E-state index contributed by atoms with van der Waals surface area (Å²) < 4.78 is 0. The molecule has 1 heterocycles. The fraction of sp³-hybridized carbons (Fsp3) is 1.00. The Balaban J connectivity index is 1.79. The SMILES string of the molecule is CC(C)(C)NCC1CCCN(C2CCCCCC2)C1. The first-order valence-electron chi connectivity index (χ1n) is 8.54. The van der Waals surface area contributed by atoms with Crippen molar-refractivity contribution in [1.29, 1.82) is 0 Å². The van der Waals surface area contributed by atoms with E-state index in [9.17, 15) is 0 Å². The highest BCUT2D eigenvalue weighted by atomic mass is 15.2. The lowest BCUT2D eigenvalue weighted by Crippen LogP contribution is -2.47. The summed E-state index contributed by atoms with van der Waals surface area (Å²) in [6, 6.07) is 0.903. The maximum absolute atomic E-state index is 3.70. The van der Waals surface area contributed by atoms with E-state index in [2.05, 4.69) is 31.0 Å². The molecule has 1 aliphatic heterocycles. The smallest absolute Gasteiger partial charge is 0.00966 e. The maximum atomic E-state index is 3.70. The van der Waals surface area contributed by atoms with Crippen LogP contribution in [0, 0.1) is 5.92 Å². The Bertz CT molecular complexity index is 248. The molecule has 1 aliphatic carbocycles. The minimum Gasteiger partial charge on any atom is -0.312 e. The van der Waals surface area contributed by atoms with Gasteiger partial charge >= 0.3 is 0 Å². The zero-order valence-electron chi connectivity index (χ0n) is 13.4. The zero-order valence-corrected chi connectivity index (χ0v) is 13.4. The van der Waals surface area contributed by atoms with Crippen LogP contribution in [0.1, 0.15) is 72.1 Å². The number of likely N-dealkylation sites (tertiary alicyclic amines) is 1. The number of nitrogens with one attached hydrogen (secondary N) is 1. The third-order valence-corrected chi connectivity index (χ3v) is 4.81. The van der Waals surface area contributed by atoms with Crippen LogP contribution in [0.3, 0.4) is 0 Å². The Morgan fingerprint density at radius 1 is 0.947 bits per heavy atom. The van der Waals surface area contributed by atoms with Crippen LogP contribution >= 0.6 is 0 Å². The van der Waals surface area contributed by atoms with E-state index in [-0.39, 0.29) is 5.54 Å². The van der Waals surface area contributed by atoms with Crippen molar-refractivity contribution in [1.82, 2.24) is 10.2 Å². The molecule has 1 atom stereocenters. The van der Waals surface area contributed by atoms with Gasteiger partial charge in [0.1, 0.15) is 0 Å². The Hall–Kier alpha value is -0.0800. The second-order valence-corrected chi connectivity index (χ2v) is 7.78. The van der Waals surface area contributed by atoms with E-state index in [4.69, 9.17) is 0 Å². The van der Waals surface area contributed by atoms with Gasteiger partial charge in [-0.25, -0.2) is 0 Å². The van der Waals surface area contributed by atoms with Crippen molar-refractivity contribution >= 4 is 0 Å². The normalized spacial score (nSPS) is 28.3. The van der Waals surface area contributed by atoms with Gasteiger partial charge in [0.15, 0.2) is 0 Å². The van der Waals surface area contributed by atoms with E-state index in [1.807, 2.05) is 0 Å². The molecule has 2 rings (SSSR count). The molecule has 2 fully saturated rings. The van der Waals surface area contributed by atoms with E-state index < -0.39 is 0 Å². The van der Waals surface area contributed by atoms with Crippen LogP contribution in [0.5, 0.6) is 0 Å². The Kier molecular flexibility index (Phi) is 5.70. The van der Waals surface area contributed by atoms with E-state index in [1.165, 1.54) is 71.0 Å². The average Bonchev–Trinajstić information content (AvgIpc) is 2.65. The molecular formula is C17H34N2. The second-order valence-electron chi connectivity index (χ2n) is 7.78. The lowest BCUT2D eigenvalue weighted by molar-refractivity contribution is 0.109. The summed E-state index contributed by atoms with van der Waals surface area (Å²) in [6.45, 7) is 10.7. The summed E-state index contributed by atoms with van der Waals surface area (Å²) in [5, 5.41) is 3.70. The third-order valence-electron chi connectivity index (χ3n) is 4.81. The largest absolute Gasteiger partial charge is 0.312 e. The number of rotatable bonds is 3. The maximum Gasteiger partial charge on any atom is 0.00966 e. The molecule has 0 amide bonds. The van der Waals surface area contributed by atoms with Crippen molar-refractivity contribution in [3.05, 3.63) is 0 Å². The third kappa shape index (κ3) is 5.43. The average molecular weight is 266 g/mol. The lowest BCUT2D eigenvalue weighted by Gasteiger charge is -2.39. The molecule has 0 aromatic rings. The molecule has 0 aromatic carbocycles. The highest BCUT2D eigenvalue weighted by Gasteiger charge is 2.26. The molecule has 0 radical (unpaired) electrons. The van der Waals surface area contributed by atoms with Gasteiger partial charge in [0.25, 0.3) is 0 Å². The lowest BCUT2D eigenvalue weighted by atomic mass is 9.94. The molecule has 112 valence electrons. The first-order chi connectivity index (χ1) is 9.04. The molecule has 1 saturated carbocycles. The molecule has 0 bridgehead atoms. The fourth-order valence-corrected chi connectivity index (χ4v) is 3.67. The number of hydrogen-bond donors (Lipinski definition) is 1. The molecule has 1 unspecified atom stereocenters. The minimum atomic E-state index is 0.268. The molecule has 0 aromatic heterocycles. The van der Waals surface area contributed by atoms with Gasteiger partial charge in [-0.05, 0) is 65.5 Å². The van der Waals surface area contributed by atoms with Gasteiger partial charge in [-0.1, -0.05) is 25.7 Å². The van der Waals surface area contributed by atoms with E-state index in [1.54, 1.807) is 0 Å². The minimum absolute atomic E-state index is 0.268. The van der Waals surface area contributed by atoms with Gasteiger partial charge in [-0.2, -0.15) is 0 Å². The standard InChI is InChI=1S/C17H34N2/c1-17(2,3)18-13-15-9-8-12-19(14-15)16-10-6-4-5-7-11-16/h15-16,18H,4-14H2,1-3H3. The van der Waals surface area contributed by atoms with Crippen molar-refractivity contribution in [2.24, 2.45) is 5.92 Å². The molecular weight excluding hydrogens is 232 g/mol. The van der Waals surface area contributed by atoms with E-state index in [0.717, 1.165) is 12.0 Å².